The Bertz CT molecular complexity index is 314. The second kappa shape index (κ2) is 4.87. The molecule has 0 spiro atoms. The third kappa shape index (κ3) is 2.73. The van der Waals surface area contributed by atoms with Gasteiger partial charge < -0.3 is 4.74 Å². The fourth-order valence-corrected chi connectivity index (χ4v) is 1.02. The summed E-state index contributed by atoms with van der Waals surface area (Å²) >= 11 is 4.00. The molecule has 0 amide bonds. The van der Waals surface area contributed by atoms with Gasteiger partial charge in [0.1, 0.15) is 5.82 Å². The van der Waals surface area contributed by atoms with Gasteiger partial charge in [0.15, 0.2) is 0 Å². The lowest BCUT2D eigenvalue weighted by molar-refractivity contribution is 0.394. The summed E-state index contributed by atoms with van der Waals surface area (Å²) in [6.45, 7) is 0. The van der Waals surface area contributed by atoms with Gasteiger partial charge in [-0.05, 0) is 6.07 Å². The SMILES string of the molecule is COc1ncc(F)cc1C=CCS. The lowest BCUT2D eigenvalue weighted by atomic mass is 10.2. The number of hydrogen-bond acceptors (Lipinski definition) is 3. The Kier molecular flexibility index (Phi) is 3.76. The normalized spacial score (nSPS) is 10.7. The van der Waals surface area contributed by atoms with Gasteiger partial charge in [0.25, 0.3) is 0 Å². The van der Waals surface area contributed by atoms with Gasteiger partial charge in [0, 0.05) is 11.3 Å². The largest absolute Gasteiger partial charge is 0.481 e. The van der Waals surface area contributed by atoms with E-state index < -0.39 is 0 Å². The number of rotatable bonds is 3. The van der Waals surface area contributed by atoms with Gasteiger partial charge in [-0.15, -0.1) is 0 Å². The van der Waals surface area contributed by atoms with Gasteiger partial charge in [0.2, 0.25) is 5.88 Å². The monoisotopic (exact) mass is 199 g/mol. The minimum absolute atomic E-state index is 0.375. The molecule has 0 saturated carbocycles. The molecule has 0 radical (unpaired) electrons. The maximum Gasteiger partial charge on any atom is 0.220 e. The Morgan fingerprint density at radius 1 is 1.69 bits per heavy atom. The van der Waals surface area contributed by atoms with E-state index >= 15 is 0 Å². The number of thiol groups is 1. The van der Waals surface area contributed by atoms with E-state index in [2.05, 4.69) is 17.6 Å². The van der Waals surface area contributed by atoms with Gasteiger partial charge in [-0.3, -0.25) is 0 Å². The summed E-state index contributed by atoms with van der Waals surface area (Å²) in [6.07, 6.45) is 4.64. The van der Waals surface area contributed by atoms with Crippen molar-refractivity contribution in [1.82, 2.24) is 4.98 Å². The topological polar surface area (TPSA) is 22.1 Å². The van der Waals surface area contributed by atoms with Crippen LogP contribution in [0.2, 0.25) is 0 Å². The van der Waals surface area contributed by atoms with Crippen molar-refractivity contribution in [3.63, 3.8) is 0 Å². The zero-order chi connectivity index (χ0) is 9.68. The van der Waals surface area contributed by atoms with Crippen LogP contribution in [0, 0.1) is 5.82 Å². The third-order valence-electron chi connectivity index (χ3n) is 1.44. The van der Waals surface area contributed by atoms with Gasteiger partial charge >= 0.3 is 0 Å². The zero-order valence-electron chi connectivity index (χ0n) is 7.20. The van der Waals surface area contributed by atoms with Crippen molar-refractivity contribution >= 4 is 18.7 Å². The smallest absolute Gasteiger partial charge is 0.220 e. The first-order chi connectivity index (χ1) is 6.27. The average Bonchev–Trinajstić information content (AvgIpc) is 2.15. The molecular formula is C9H10FNOS. The van der Waals surface area contributed by atoms with Crippen molar-refractivity contribution in [2.75, 3.05) is 12.9 Å². The predicted octanol–water partition coefficient (Wildman–Crippen LogP) is 2.17. The van der Waals surface area contributed by atoms with Crippen LogP contribution >= 0.6 is 12.6 Å². The molecule has 0 aromatic carbocycles. The molecule has 0 aliphatic rings. The average molecular weight is 199 g/mol. The highest BCUT2D eigenvalue weighted by Crippen LogP contribution is 2.16. The Balaban J connectivity index is 3.01. The second-order valence-electron chi connectivity index (χ2n) is 2.34. The molecule has 1 heterocycles. The van der Waals surface area contributed by atoms with E-state index in [-0.39, 0.29) is 5.82 Å². The molecule has 0 fully saturated rings. The van der Waals surface area contributed by atoms with Crippen LogP contribution in [0.15, 0.2) is 18.3 Å². The minimum Gasteiger partial charge on any atom is -0.481 e. The molecule has 70 valence electrons. The first-order valence-corrected chi connectivity index (χ1v) is 4.38. The number of halogens is 1. The van der Waals surface area contributed by atoms with E-state index in [4.69, 9.17) is 4.74 Å². The molecule has 0 aliphatic carbocycles. The zero-order valence-corrected chi connectivity index (χ0v) is 8.09. The van der Waals surface area contributed by atoms with Crippen molar-refractivity contribution in [1.29, 1.82) is 0 Å². The van der Waals surface area contributed by atoms with Gasteiger partial charge in [0.05, 0.1) is 13.3 Å². The number of nitrogens with zero attached hydrogens (tertiary/aromatic N) is 1. The van der Waals surface area contributed by atoms with Crippen LogP contribution in [0.5, 0.6) is 5.88 Å². The summed E-state index contributed by atoms with van der Waals surface area (Å²) < 4.78 is 17.7. The van der Waals surface area contributed by atoms with E-state index in [9.17, 15) is 4.39 Å². The van der Waals surface area contributed by atoms with E-state index in [0.29, 0.717) is 17.2 Å². The molecule has 4 heteroatoms. The van der Waals surface area contributed by atoms with Gasteiger partial charge in [-0.25, -0.2) is 9.37 Å². The molecular weight excluding hydrogens is 189 g/mol. The van der Waals surface area contributed by atoms with Crippen LogP contribution in [0.25, 0.3) is 6.08 Å². The molecule has 0 aliphatic heterocycles. The molecule has 1 aromatic rings. The Morgan fingerprint density at radius 3 is 3.08 bits per heavy atom. The summed E-state index contributed by atoms with van der Waals surface area (Å²) in [5.41, 5.74) is 0.622. The number of methoxy groups -OCH3 is 1. The molecule has 0 saturated heterocycles. The summed E-state index contributed by atoms with van der Waals surface area (Å²) in [6, 6.07) is 1.37. The van der Waals surface area contributed by atoms with Crippen LogP contribution in [0.4, 0.5) is 4.39 Å². The summed E-state index contributed by atoms with van der Waals surface area (Å²) in [7, 11) is 1.50. The van der Waals surface area contributed by atoms with Gasteiger partial charge in [-0.1, -0.05) is 12.2 Å². The van der Waals surface area contributed by atoms with Crippen molar-refractivity contribution in [2.45, 2.75) is 0 Å². The molecule has 0 bridgehead atoms. The summed E-state index contributed by atoms with van der Waals surface area (Å²) in [5.74, 6) is 0.638. The van der Waals surface area contributed by atoms with E-state index in [1.807, 2.05) is 0 Å². The number of aromatic nitrogens is 1. The van der Waals surface area contributed by atoms with Crippen LogP contribution in [-0.2, 0) is 0 Å². The summed E-state index contributed by atoms with van der Waals surface area (Å²) in [4.78, 5) is 3.78. The first kappa shape index (κ1) is 10.1. The molecule has 0 N–H and O–H groups in total. The van der Waals surface area contributed by atoms with Crippen molar-refractivity contribution in [3.05, 3.63) is 29.7 Å². The van der Waals surface area contributed by atoms with Crippen molar-refractivity contribution in [2.24, 2.45) is 0 Å². The molecule has 13 heavy (non-hydrogen) atoms. The Labute approximate surface area is 81.9 Å². The fraction of sp³-hybridized carbons (Fsp3) is 0.222. The van der Waals surface area contributed by atoms with Crippen LogP contribution in [-0.4, -0.2) is 17.8 Å². The van der Waals surface area contributed by atoms with E-state index in [0.717, 1.165) is 6.20 Å². The van der Waals surface area contributed by atoms with Crippen LogP contribution < -0.4 is 4.74 Å². The highest BCUT2D eigenvalue weighted by atomic mass is 32.1. The van der Waals surface area contributed by atoms with Crippen LogP contribution in [0.3, 0.4) is 0 Å². The third-order valence-corrected chi connectivity index (χ3v) is 1.65. The maximum absolute atomic E-state index is 12.7. The predicted molar refractivity (Wildman–Crippen MR) is 53.6 cm³/mol. The first-order valence-electron chi connectivity index (χ1n) is 3.75. The second-order valence-corrected chi connectivity index (χ2v) is 2.70. The quantitative estimate of drug-likeness (QED) is 0.754. The fourth-order valence-electron chi connectivity index (χ4n) is 0.912. The highest BCUT2D eigenvalue weighted by molar-refractivity contribution is 7.80. The van der Waals surface area contributed by atoms with Crippen molar-refractivity contribution < 1.29 is 9.13 Å². The minimum atomic E-state index is -0.375. The molecule has 1 aromatic heterocycles. The van der Waals surface area contributed by atoms with Gasteiger partial charge in [-0.2, -0.15) is 12.6 Å². The number of ether oxygens (including phenoxy) is 1. The van der Waals surface area contributed by atoms with E-state index in [1.54, 1.807) is 12.2 Å². The van der Waals surface area contributed by atoms with Crippen molar-refractivity contribution in [3.8, 4) is 5.88 Å². The molecule has 0 unspecified atom stereocenters. The number of hydrogen-bond donors (Lipinski definition) is 1. The van der Waals surface area contributed by atoms with Crippen LogP contribution in [0.1, 0.15) is 5.56 Å². The Hall–Kier alpha value is -1.03. The lowest BCUT2D eigenvalue weighted by Crippen LogP contribution is -1.92. The number of pyridine rings is 1. The maximum atomic E-state index is 12.7. The molecule has 1 rings (SSSR count). The molecule has 2 nitrogen and oxygen atoms in total. The Morgan fingerprint density at radius 2 is 2.46 bits per heavy atom. The molecule has 0 atom stereocenters. The summed E-state index contributed by atoms with van der Waals surface area (Å²) in [5, 5.41) is 0. The highest BCUT2D eigenvalue weighted by Gasteiger charge is 2.01. The lowest BCUT2D eigenvalue weighted by Gasteiger charge is -2.02. The van der Waals surface area contributed by atoms with E-state index in [1.165, 1.54) is 13.2 Å². The standard InChI is InChI=1S/C9H10FNOS/c1-12-9-7(3-2-4-13)5-8(10)6-11-9/h2-3,5-6,13H,4H2,1H3.